The van der Waals surface area contributed by atoms with Crippen molar-refractivity contribution in [1.29, 1.82) is 0 Å². The summed E-state index contributed by atoms with van der Waals surface area (Å²) in [4.78, 5) is 11.5. The lowest BCUT2D eigenvalue weighted by molar-refractivity contribution is -0.123. The van der Waals surface area contributed by atoms with Crippen molar-refractivity contribution in [2.24, 2.45) is 0 Å². The Bertz CT molecular complexity index is 464. The van der Waals surface area contributed by atoms with Crippen LogP contribution in [0.15, 0.2) is 18.2 Å². The van der Waals surface area contributed by atoms with Gasteiger partial charge in [0.2, 0.25) is 5.91 Å². The maximum atomic E-state index is 11.5. The van der Waals surface area contributed by atoms with E-state index in [1.807, 2.05) is 25.1 Å². The molecule has 0 aliphatic carbocycles. The molecule has 1 aromatic carbocycles. The topological polar surface area (TPSA) is 71.6 Å². The van der Waals surface area contributed by atoms with Gasteiger partial charge in [0, 0.05) is 24.2 Å². The molecule has 104 valence electrons. The number of carbonyl (C=O) groups excluding carboxylic acids is 1. The number of methoxy groups -OCH3 is 2. The molecule has 0 bridgehead atoms. The molecule has 0 spiro atoms. The lowest BCUT2D eigenvalue weighted by Gasteiger charge is -2.30. The summed E-state index contributed by atoms with van der Waals surface area (Å²) >= 11 is 0. The van der Waals surface area contributed by atoms with Gasteiger partial charge in [0.1, 0.15) is 0 Å². The van der Waals surface area contributed by atoms with Crippen molar-refractivity contribution in [2.75, 3.05) is 19.5 Å². The molecule has 3 N–H and O–H groups in total. The van der Waals surface area contributed by atoms with Crippen LogP contribution in [-0.4, -0.2) is 32.5 Å². The minimum Gasteiger partial charge on any atom is -0.493 e. The summed E-state index contributed by atoms with van der Waals surface area (Å²) in [5.41, 5.74) is 0.838. The van der Waals surface area contributed by atoms with E-state index in [1.165, 1.54) is 0 Å². The molecular formula is C13H19N3O3. The highest BCUT2D eigenvalue weighted by atomic mass is 16.5. The van der Waals surface area contributed by atoms with Gasteiger partial charge in [-0.1, -0.05) is 0 Å². The largest absolute Gasteiger partial charge is 0.493 e. The molecule has 1 aliphatic heterocycles. The third-order valence-electron chi connectivity index (χ3n) is 2.94. The van der Waals surface area contributed by atoms with Crippen LogP contribution in [0.4, 0.5) is 5.69 Å². The van der Waals surface area contributed by atoms with Crippen LogP contribution in [0.1, 0.15) is 13.3 Å². The molecule has 0 aromatic heterocycles. The maximum absolute atomic E-state index is 11.5. The fourth-order valence-corrected chi connectivity index (χ4v) is 2.05. The van der Waals surface area contributed by atoms with Crippen molar-refractivity contribution in [3.05, 3.63) is 18.2 Å². The standard InChI is InChI=1S/C13H19N3O3/c1-8-6-12(17)16-13(14-8)15-9-4-5-10(18-2)11(7-9)19-3/h4-5,7-8,13-15H,6H2,1-3H3,(H,16,17). The van der Waals surface area contributed by atoms with Gasteiger partial charge in [0.15, 0.2) is 17.8 Å². The quantitative estimate of drug-likeness (QED) is 0.754. The second kappa shape index (κ2) is 5.79. The molecule has 1 aromatic rings. The van der Waals surface area contributed by atoms with Crippen molar-refractivity contribution >= 4 is 11.6 Å². The zero-order chi connectivity index (χ0) is 13.8. The van der Waals surface area contributed by atoms with Crippen LogP contribution in [0.3, 0.4) is 0 Å². The summed E-state index contributed by atoms with van der Waals surface area (Å²) in [6.45, 7) is 1.97. The summed E-state index contributed by atoms with van der Waals surface area (Å²) in [6, 6.07) is 5.65. The fourth-order valence-electron chi connectivity index (χ4n) is 2.05. The second-order valence-corrected chi connectivity index (χ2v) is 4.49. The molecule has 19 heavy (non-hydrogen) atoms. The van der Waals surface area contributed by atoms with E-state index >= 15 is 0 Å². The SMILES string of the molecule is COc1ccc(NC2NC(=O)CC(C)N2)cc1OC. The molecule has 1 amide bonds. The monoisotopic (exact) mass is 265 g/mol. The molecule has 1 fully saturated rings. The molecular weight excluding hydrogens is 246 g/mol. The van der Waals surface area contributed by atoms with Crippen LogP contribution in [0.2, 0.25) is 0 Å². The Balaban J connectivity index is 2.08. The molecule has 1 heterocycles. The fraction of sp³-hybridized carbons (Fsp3) is 0.462. The van der Waals surface area contributed by atoms with Crippen molar-refractivity contribution in [3.8, 4) is 11.5 Å². The number of ether oxygens (including phenoxy) is 2. The number of rotatable bonds is 4. The van der Waals surface area contributed by atoms with Crippen molar-refractivity contribution in [1.82, 2.24) is 10.6 Å². The normalized spacial score (nSPS) is 22.6. The van der Waals surface area contributed by atoms with E-state index in [2.05, 4.69) is 16.0 Å². The number of hydrogen-bond acceptors (Lipinski definition) is 5. The van der Waals surface area contributed by atoms with Gasteiger partial charge in [-0.25, -0.2) is 0 Å². The van der Waals surface area contributed by atoms with E-state index in [0.29, 0.717) is 17.9 Å². The average Bonchev–Trinajstić information content (AvgIpc) is 2.37. The van der Waals surface area contributed by atoms with Crippen molar-refractivity contribution in [3.63, 3.8) is 0 Å². The maximum Gasteiger partial charge on any atom is 0.224 e. The highest BCUT2D eigenvalue weighted by Gasteiger charge is 2.22. The van der Waals surface area contributed by atoms with Gasteiger partial charge < -0.3 is 20.1 Å². The summed E-state index contributed by atoms with van der Waals surface area (Å²) in [5, 5.41) is 9.26. The molecule has 0 saturated carbocycles. The number of anilines is 1. The minimum absolute atomic E-state index is 0.0317. The van der Waals surface area contributed by atoms with E-state index < -0.39 is 0 Å². The molecule has 2 rings (SSSR count). The zero-order valence-corrected chi connectivity index (χ0v) is 11.3. The van der Waals surface area contributed by atoms with Crippen molar-refractivity contribution < 1.29 is 14.3 Å². The average molecular weight is 265 g/mol. The minimum atomic E-state index is -0.283. The third-order valence-corrected chi connectivity index (χ3v) is 2.94. The van der Waals surface area contributed by atoms with Crippen LogP contribution in [0, 0.1) is 0 Å². The van der Waals surface area contributed by atoms with Crippen LogP contribution < -0.4 is 25.4 Å². The van der Waals surface area contributed by atoms with E-state index in [0.717, 1.165) is 5.69 Å². The van der Waals surface area contributed by atoms with Crippen LogP contribution >= 0.6 is 0 Å². The van der Waals surface area contributed by atoms with Gasteiger partial charge in [-0.05, 0) is 19.1 Å². The molecule has 6 nitrogen and oxygen atoms in total. The Hall–Kier alpha value is -1.95. The summed E-state index contributed by atoms with van der Waals surface area (Å²) in [7, 11) is 3.18. The second-order valence-electron chi connectivity index (χ2n) is 4.49. The lowest BCUT2D eigenvalue weighted by atomic mass is 10.2. The predicted molar refractivity (Wildman–Crippen MR) is 72.3 cm³/mol. The van der Waals surface area contributed by atoms with Gasteiger partial charge in [0.25, 0.3) is 0 Å². The van der Waals surface area contributed by atoms with Gasteiger partial charge in [0.05, 0.1) is 14.2 Å². The first-order chi connectivity index (χ1) is 9.12. The van der Waals surface area contributed by atoms with E-state index in [9.17, 15) is 4.79 Å². The molecule has 6 heteroatoms. The third kappa shape index (κ3) is 3.29. The van der Waals surface area contributed by atoms with Gasteiger partial charge in [-0.15, -0.1) is 0 Å². The number of amides is 1. The molecule has 2 unspecified atom stereocenters. The van der Waals surface area contributed by atoms with Crippen molar-refractivity contribution in [2.45, 2.75) is 25.7 Å². The summed E-state index contributed by atoms with van der Waals surface area (Å²) in [5.74, 6) is 1.34. The number of nitrogens with one attached hydrogen (secondary N) is 3. The number of carbonyl (C=O) groups is 1. The first kappa shape index (κ1) is 13.5. The predicted octanol–water partition coefficient (Wildman–Crippen LogP) is 0.897. The Kier molecular flexibility index (Phi) is 4.11. The number of hydrogen-bond donors (Lipinski definition) is 3. The van der Waals surface area contributed by atoms with Crippen LogP contribution in [0.5, 0.6) is 11.5 Å². The number of benzene rings is 1. The molecule has 1 aliphatic rings. The Morgan fingerprint density at radius 2 is 2.00 bits per heavy atom. The highest BCUT2D eigenvalue weighted by Crippen LogP contribution is 2.29. The lowest BCUT2D eigenvalue weighted by Crippen LogP contribution is -2.59. The van der Waals surface area contributed by atoms with Crippen LogP contribution in [0.25, 0.3) is 0 Å². The van der Waals surface area contributed by atoms with Gasteiger partial charge in [-0.3, -0.25) is 10.1 Å². The molecule has 1 saturated heterocycles. The molecule has 0 radical (unpaired) electrons. The summed E-state index contributed by atoms with van der Waals surface area (Å²) in [6.07, 6.45) is 0.207. The zero-order valence-electron chi connectivity index (χ0n) is 11.3. The Labute approximate surface area is 112 Å². The van der Waals surface area contributed by atoms with Gasteiger partial charge >= 0.3 is 0 Å². The van der Waals surface area contributed by atoms with E-state index in [-0.39, 0.29) is 18.2 Å². The molecule has 2 atom stereocenters. The Morgan fingerprint density at radius 3 is 2.63 bits per heavy atom. The van der Waals surface area contributed by atoms with Crippen LogP contribution in [-0.2, 0) is 4.79 Å². The highest BCUT2D eigenvalue weighted by molar-refractivity contribution is 5.78. The first-order valence-electron chi connectivity index (χ1n) is 6.16. The Morgan fingerprint density at radius 1 is 1.26 bits per heavy atom. The smallest absolute Gasteiger partial charge is 0.224 e. The van der Waals surface area contributed by atoms with E-state index in [1.54, 1.807) is 14.2 Å². The first-order valence-corrected chi connectivity index (χ1v) is 6.16. The summed E-state index contributed by atoms with van der Waals surface area (Å²) < 4.78 is 10.4. The van der Waals surface area contributed by atoms with Gasteiger partial charge in [-0.2, -0.15) is 0 Å². The van der Waals surface area contributed by atoms with E-state index in [4.69, 9.17) is 9.47 Å².